The number of thiazole rings is 1. The number of aliphatic imine (C=N–C) groups is 1. The van der Waals surface area contributed by atoms with Gasteiger partial charge in [0, 0.05) is 39.1 Å². The third kappa shape index (κ3) is 9.25. The molecule has 5 rings (SSSR count). The molecule has 1 aromatic heterocycles. The highest BCUT2D eigenvalue weighted by Gasteiger charge is 2.49. The first-order valence-electron chi connectivity index (χ1n) is 16.0. The first-order valence-corrected chi connectivity index (χ1v) is 17.3. The first kappa shape index (κ1) is 39.0. The number of rotatable bonds is 14. The van der Waals surface area contributed by atoms with Gasteiger partial charge >= 0.3 is 12.1 Å². The van der Waals surface area contributed by atoms with Crippen molar-refractivity contribution >= 4 is 53.4 Å². The Kier molecular flexibility index (Phi) is 12.3. The number of aromatic nitrogens is 1. The molecule has 2 N–H and O–H groups in total. The summed E-state index contributed by atoms with van der Waals surface area (Å²) < 4.78 is 54.5. The lowest BCUT2D eigenvalue weighted by Crippen LogP contribution is -2.54. The van der Waals surface area contributed by atoms with Crippen LogP contribution in [0.1, 0.15) is 34.5 Å². The summed E-state index contributed by atoms with van der Waals surface area (Å²) in [6.07, 6.45) is 1.66. The van der Waals surface area contributed by atoms with Crippen LogP contribution in [0, 0.1) is 28.8 Å². The lowest BCUT2D eigenvalue weighted by Gasteiger charge is -2.38. The third-order valence-corrected chi connectivity index (χ3v) is 9.81. The average molecular weight is 769 g/mol. The molecule has 0 fully saturated rings. The van der Waals surface area contributed by atoms with E-state index in [2.05, 4.69) is 20.4 Å². The first-order chi connectivity index (χ1) is 25.2. The Morgan fingerprint density at radius 2 is 1.85 bits per heavy atom. The molecule has 1 unspecified atom stereocenters. The molecular formula is C36H34ClF3N7O5S+. The molecule has 276 valence electrons. The predicted octanol–water partition coefficient (Wildman–Crippen LogP) is 6.40. The number of amides is 1. The van der Waals surface area contributed by atoms with Crippen molar-refractivity contribution < 1.29 is 41.9 Å². The third-order valence-electron chi connectivity index (χ3n) is 8.43. The predicted molar refractivity (Wildman–Crippen MR) is 193 cm³/mol. The van der Waals surface area contributed by atoms with Crippen LogP contribution in [0.15, 0.2) is 70.1 Å². The number of carbonyl (C=O) groups excluding carboxylic acids is 2. The van der Waals surface area contributed by atoms with Crippen molar-refractivity contribution in [3.63, 3.8) is 0 Å². The van der Waals surface area contributed by atoms with E-state index in [-0.39, 0.29) is 37.0 Å². The zero-order valence-electron chi connectivity index (χ0n) is 28.7. The maximum atomic E-state index is 15.5. The minimum absolute atomic E-state index is 0.0428. The summed E-state index contributed by atoms with van der Waals surface area (Å²) in [5.74, 6) is -5.51. The number of esters is 1. The molecule has 0 aliphatic carbocycles. The number of quaternary nitrogens is 1. The van der Waals surface area contributed by atoms with E-state index in [1.165, 1.54) is 12.7 Å². The van der Waals surface area contributed by atoms with Gasteiger partial charge in [0.25, 0.3) is 0 Å². The van der Waals surface area contributed by atoms with E-state index in [1.807, 2.05) is 6.07 Å². The number of benzene rings is 3. The molecule has 3 atom stereocenters. The standard InChI is InChI=1S/C36H33ClF3N7O5S/c1-22(34-44-32(18-53-34)24-9-7-23(15-41)8-10-24)36(50,26-13-29(39)30(40)14-28(26)38)19-47(21-42-20-43-47)11-12-51-35(49)45-31-6-4-5-27(37)25(31)17-52-33(48)16-46(2)3/h4-10,13-14,18,20-22,50H,11-12,16-17,19H2,1-3H3/p+1/t22-,36+,47?/m0/s1. The van der Waals surface area contributed by atoms with Gasteiger partial charge < -0.3 is 14.6 Å². The number of likely N-dealkylation sites (N-methyl/N-ethyl adjacent to an activating group) is 1. The van der Waals surface area contributed by atoms with Crippen molar-refractivity contribution in [3.8, 4) is 17.3 Å². The van der Waals surface area contributed by atoms with Crippen molar-refractivity contribution in [2.24, 2.45) is 10.1 Å². The Bertz CT molecular complexity index is 2080. The van der Waals surface area contributed by atoms with Crippen LogP contribution < -0.4 is 5.32 Å². The Labute approximate surface area is 312 Å². The fourth-order valence-electron chi connectivity index (χ4n) is 5.58. The highest BCUT2D eigenvalue weighted by Crippen LogP contribution is 2.43. The molecule has 4 aromatic rings. The zero-order chi connectivity index (χ0) is 38.3. The second-order valence-corrected chi connectivity index (χ2v) is 13.7. The number of hydrogen-bond acceptors (Lipinski definition) is 11. The van der Waals surface area contributed by atoms with Crippen LogP contribution in [-0.2, 0) is 26.5 Å². The SMILES string of the molecule is C[C@@H](c1nc(-c2ccc(C#N)cc2)cs1)[C@](O)(C[N+]1(CCOC(=O)Nc2cccc(Cl)c2COC(=O)CN(C)C)C=NC=N1)c1cc(F)c(F)cc1F. The maximum Gasteiger partial charge on any atom is 0.411 e. The minimum Gasteiger partial charge on any atom is -0.460 e. The molecular weight excluding hydrogens is 735 g/mol. The minimum atomic E-state index is -2.27. The summed E-state index contributed by atoms with van der Waals surface area (Å²) in [7, 11) is 3.42. The number of anilines is 1. The van der Waals surface area contributed by atoms with E-state index in [1.54, 1.807) is 73.8 Å². The van der Waals surface area contributed by atoms with Crippen molar-refractivity contribution in [2.45, 2.75) is 25.0 Å². The Hall–Kier alpha value is -5.18. The van der Waals surface area contributed by atoms with Crippen molar-refractivity contribution in [2.75, 3.05) is 45.7 Å². The lowest BCUT2D eigenvalue weighted by atomic mass is 9.81. The lowest BCUT2D eigenvalue weighted by molar-refractivity contribution is -0.848. The van der Waals surface area contributed by atoms with E-state index in [4.69, 9.17) is 26.3 Å². The molecule has 12 nitrogen and oxygen atoms in total. The molecule has 2 heterocycles. The molecule has 17 heteroatoms. The van der Waals surface area contributed by atoms with Crippen LogP contribution in [0.25, 0.3) is 11.3 Å². The Morgan fingerprint density at radius 3 is 2.53 bits per heavy atom. The molecule has 0 bridgehead atoms. The average Bonchev–Trinajstić information content (AvgIpc) is 3.79. The van der Waals surface area contributed by atoms with Crippen LogP contribution in [0.3, 0.4) is 0 Å². The molecule has 53 heavy (non-hydrogen) atoms. The van der Waals surface area contributed by atoms with Gasteiger partial charge in [-0.2, -0.15) is 10.3 Å². The number of nitrogens with zero attached hydrogens (tertiary/aromatic N) is 6. The van der Waals surface area contributed by atoms with Crippen LogP contribution in [0.4, 0.5) is 23.7 Å². The van der Waals surface area contributed by atoms with Crippen molar-refractivity contribution in [3.05, 3.63) is 104 Å². The van der Waals surface area contributed by atoms with Crippen molar-refractivity contribution in [1.29, 1.82) is 5.26 Å². The van der Waals surface area contributed by atoms with Gasteiger partial charge in [-0.3, -0.25) is 15.0 Å². The Balaban J connectivity index is 1.36. The molecule has 3 aromatic carbocycles. The molecule has 0 saturated carbocycles. The molecule has 0 spiro atoms. The number of nitriles is 1. The largest absolute Gasteiger partial charge is 0.460 e. The number of aliphatic hydroxyl groups is 1. The number of halogens is 4. The van der Waals surface area contributed by atoms with Crippen LogP contribution >= 0.6 is 22.9 Å². The summed E-state index contributed by atoms with van der Waals surface area (Å²) in [5, 5.41) is 30.9. The van der Waals surface area contributed by atoms with Crippen LogP contribution in [0.2, 0.25) is 5.02 Å². The smallest absolute Gasteiger partial charge is 0.411 e. The van der Waals surface area contributed by atoms with Crippen LogP contribution in [-0.4, -0.2) is 84.7 Å². The fourth-order valence-corrected chi connectivity index (χ4v) is 6.78. The second kappa shape index (κ2) is 16.7. The highest BCUT2D eigenvalue weighted by atomic mass is 35.5. The van der Waals surface area contributed by atoms with Gasteiger partial charge in [-0.25, -0.2) is 22.9 Å². The van der Waals surface area contributed by atoms with E-state index in [0.717, 1.165) is 11.3 Å². The molecule has 0 radical (unpaired) electrons. The fraction of sp³-hybridized carbons (Fsp3) is 0.278. The van der Waals surface area contributed by atoms with Gasteiger partial charge in [0.2, 0.25) is 6.34 Å². The molecule has 1 aliphatic heterocycles. The highest BCUT2D eigenvalue weighted by molar-refractivity contribution is 7.10. The van der Waals surface area contributed by atoms with Gasteiger partial charge in [-0.15, -0.1) is 15.9 Å². The van der Waals surface area contributed by atoms with Crippen molar-refractivity contribution in [1.82, 2.24) is 9.88 Å². The number of hydrogen-bond donors (Lipinski definition) is 2. The summed E-state index contributed by atoms with van der Waals surface area (Å²) in [6.45, 7) is 0.531. The van der Waals surface area contributed by atoms with E-state index in [0.29, 0.717) is 39.5 Å². The quantitative estimate of drug-likeness (QED) is 0.0851. The van der Waals surface area contributed by atoms with Gasteiger partial charge in [0.05, 0.1) is 34.6 Å². The normalized spacial score (nSPS) is 16.6. The van der Waals surface area contributed by atoms with Gasteiger partial charge in [0.15, 0.2) is 23.6 Å². The summed E-state index contributed by atoms with van der Waals surface area (Å²) >= 11 is 7.49. The van der Waals surface area contributed by atoms with E-state index >= 15 is 4.39 Å². The second-order valence-electron chi connectivity index (χ2n) is 12.4. The number of nitrogens with one attached hydrogen (secondary N) is 1. The van der Waals surface area contributed by atoms with Gasteiger partial charge in [0.1, 0.15) is 32.1 Å². The number of ether oxygens (including phenoxy) is 2. The topological polar surface area (TPSA) is 150 Å². The molecule has 1 amide bonds. The monoisotopic (exact) mass is 768 g/mol. The number of carbonyl (C=O) groups is 2. The molecule has 0 saturated heterocycles. The van der Waals surface area contributed by atoms with Gasteiger partial charge in [-0.05, 0) is 44.4 Å². The van der Waals surface area contributed by atoms with E-state index < -0.39 is 57.7 Å². The van der Waals surface area contributed by atoms with E-state index in [9.17, 15) is 23.5 Å². The Morgan fingerprint density at radius 1 is 1.11 bits per heavy atom. The molecule has 1 aliphatic rings. The van der Waals surface area contributed by atoms with Crippen LogP contribution in [0.5, 0.6) is 0 Å². The van der Waals surface area contributed by atoms with Gasteiger partial charge in [-0.1, -0.05) is 41.8 Å². The summed E-state index contributed by atoms with van der Waals surface area (Å²) in [6, 6.07) is 14.4. The zero-order valence-corrected chi connectivity index (χ0v) is 30.3. The summed E-state index contributed by atoms with van der Waals surface area (Å²) in [5.41, 5.74) is -0.559. The summed E-state index contributed by atoms with van der Waals surface area (Å²) in [4.78, 5) is 35.4. The maximum absolute atomic E-state index is 15.5.